The first-order valence-corrected chi connectivity index (χ1v) is 16.5. The van der Waals surface area contributed by atoms with Gasteiger partial charge in [0.15, 0.2) is 11.5 Å². The fourth-order valence-corrected chi connectivity index (χ4v) is 6.68. The molecule has 0 aliphatic heterocycles. The molecule has 4 aromatic rings. The van der Waals surface area contributed by atoms with Gasteiger partial charge >= 0.3 is 0 Å². The molecule has 1 amide bonds. The molecule has 46 heavy (non-hydrogen) atoms. The van der Waals surface area contributed by atoms with Gasteiger partial charge in [0.1, 0.15) is 24.7 Å². The molecule has 242 valence electrons. The number of carbonyl (C=O) groups is 1. The Balaban J connectivity index is 1.54. The highest BCUT2D eigenvalue weighted by Crippen LogP contribution is 2.38. The third kappa shape index (κ3) is 8.43. The second-order valence-electron chi connectivity index (χ2n) is 9.71. The van der Waals surface area contributed by atoms with Crippen LogP contribution in [0.4, 0.5) is 5.69 Å². The number of carbonyl (C=O) groups excluding carboxylic acids is 1. The largest absolute Gasteiger partial charge is 0.497 e. The highest BCUT2D eigenvalue weighted by Gasteiger charge is 2.29. The number of anilines is 1. The first kappa shape index (κ1) is 34.9. The molecule has 0 aliphatic rings. The van der Waals surface area contributed by atoms with E-state index in [9.17, 15) is 13.2 Å². The first-order valence-electron chi connectivity index (χ1n) is 13.5. The Bertz CT molecular complexity index is 1860. The minimum Gasteiger partial charge on any atom is -0.497 e. The Kier molecular flexibility index (Phi) is 11.8. The summed E-state index contributed by atoms with van der Waals surface area (Å²) < 4.78 is 51.3. The lowest BCUT2D eigenvalue weighted by Gasteiger charge is -2.25. The number of nitrogens with one attached hydrogen (secondary N) is 1. The number of hydrazone groups is 1. The predicted molar refractivity (Wildman–Crippen MR) is 182 cm³/mol. The smallest absolute Gasteiger partial charge is 0.264 e. The van der Waals surface area contributed by atoms with E-state index in [1.165, 1.54) is 51.8 Å². The van der Waals surface area contributed by atoms with Gasteiger partial charge in [-0.25, -0.2) is 13.8 Å². The molecule has 14 heteroatoms. The van der Waals surface area contributed by atoms with Crippen LogP contribution in [0.25, 0.3) is 0 Å². The van der Waals surface area contributed by atoms with Crippen LogP contribution in [-0.2, 0) is 21.4 Å². The third-order valence-electron chi connectivity index (χ3n) is 6.59. The summed E-state index contributed by atoms with van der Waals surface area (Å²) in [6.07, 6.45) is 1.39. The maximum absolute atomic E-state index is 13.8. The third-order valence-corrected chi connectivity index (χ3v) is 9.54. The number of hydrogen-bond acceptors (Lipinski definition) is 8. The molecule has 0 aliphatic carbocycles. The van der Waals surface area contributed by atoms with Crippen molar-refractivity contribution in [1.29, 1.82) is 0 Å². The molecule has 0 heterocycles. The van der Waals surface area contributed by atoms with Crippen LogP contribution in [0.2, 0.25) is 10.0 Å². The van der Waals surface area contributed by atoms with E-state index in [1.54, 1.807) is 48.5 Å². The first-order chi connectivity index (χ1) is 22.0. The molecular weight excluding hydrogens is 721 g/mol. The average Bonchev–Trinajstić information content (AvgIpc) is 3.03. The zero-order valence-corrected chi connectivity index (χ0v) is 29.1. The summed E-state index contributed by atoms with van der Waals surface area (Å²) >= 11 is 15.7. The number of hydrogen-bond donors (Lipinski definition) is 1. The van der Waals surface area contributed by atoms with Gasteiger partial charge in [0.05, 0.1) is 42.6 Å². The molecule has 0 saturated heterocycles. The van der Waals surface area contributed by atoms with E-state index in [4.69, 9.17) is 42.1 Å². The van der Waals surface area contributed by atoms with Crippen molar-refractivity contribution in [1.82, 2.24) is 5.43 Å². The fourth-order valence-electron chi connectivity index (χ4n) is 4.22. The second-order valence-corrected chi connectivity index (χ2v) is 13.3. The van der Waals surface area contributed by atoms with Crippen LogP contribution in [0.1, 0.15) is 16.7 Å². The maximum Gasteiger partial charge on any atom is 0.264 e. The van der Waals surface area contributed by atoms with Gasteiger partial charge in [-0.1, -0.05) is 47.0 Å². The monoisotopic (exact) mass is 749 g/mol. The van der Waals surface area contributed by atoms with Crippen LogP contribution in [0, 0.1) is 6.92 Å². The van der Waals surface area contributed by atoms with E-state index in [0.29, 0.717) is 37.3 Å². The van der Waals surface area contributed by atoms with Gasteiger partial charge in [0, 0.05) is 21.7 Å². The number of amides is 1. The van der Waals surface area contributed by atoms with E-state index in [0.717, 1.165) is 15.4 Å². The van der Waals surface area contributed by atoms with E-state index in [2.05, 4.69) is 26.5 Å². The molecule has 0 radical (unpaired) electrons. The Morgan fingerprint density at radius 2 is 1.65 bits per heavy atom. The molecule has 0 atom stereocenters. The van der Waals surface area contributed by atoms with E-state index < -0.39 is 22.5 Å². The van der Waals surface area contributed by atoms with Gasteiger partial charge in [0.25, 0.3) is 15.9 Å². The summed E-state index contributed by atoms with van der Waals surface area (Å²) in [7, 11) is 0.169. The maximum atomic E-state index is 13.8. The summed E-state index contributed by atoms with van der Waals surface area (Å²) in [5.41, 5.74) is 4.72. The molecule has 0 bridgehead atoms. The zero-order chi connectivity index (χ0) is 33.4. The van der Waals surface area contributed by atoms with Gasteiger partial charge in [-0.2, -0.15) is 5.10 Å². The quantitative estimate of drug-likeness (QED) is 0.115. The fraction of sp³-hybridized carbons (Fsp3) is 0.188. The molecule has 1 N–H and O–H groups in total. The highest BCUT2D eigenvalue weighted by molar-refractivity contribution is 9.10. The number of benzene rings is 4. The molecule has 0 fully saturated rings. The molecule has 10 nitrogen and oxygen atoms in total. The molecule has 4 rings (SSSR count). The van der Waals surface area contributed by atoms with Crippen LogP contribution < -0.4 is 28.7 Å². The molecular formula is C32H30BrCl2N3O7S. The van der Waals surface area contributed by atoms with Crippen molar-refractivity contribution in [2.45, 2.75) is 18.4 Å². The van der Waals surface area contributed by atoms with Crippen LogP contribution >= 0.6 is 39.1 Å². The van der Waals surface area contributed by atoms with Crippen LogP contribution in [0.3, 0.4) is 0 Å². The summed E-state index contributed by atoms with van der Waals surface area (Å²) in [5, 5.41) is 5.03. The molecule has 0 aromatic heterocycles. The molecule has 0 saturated carbocycles. The number of sulfonamides is 1. The average molecular weight is 751 g/mol. The zero-order valence-electron chi connectivity index (χ0n) is 25.2. The van der Waals surface area contributed by atoms with Crippen LogP contribution in [0.5, 0.6) is 23.0 Å². The van der Waals surface area contributed by atoms with Crippen LogP contribution in [-0.4, -0.2) is 48.4 Å². The number of aryl methyl sites for hydroxylation is 1. The van der Waals surface area contributed by atoms with Gasteiger partial charge in [-0.05, 0) is 76.9 Å². The summed E-state index contributed by atoms with van der Waals surface area (Å²) in [5.74, 6) is 0.781. The normalized spacial score (nSPS) is 11.3. The van der Waals surface area contributed by atoms with Crippen molar-refractivity contribution < 1.29 is 32.2 Å². The Hall–Kier alpha value is -3.97. The summed E-state index contributed by atoms with van der Waals surface area (Å²) in [4.78, 5) is 13.1. The van der Waals surface area contributed by atoms with Crippen molar-refractivity contribution in [3.05, 3.63) is 104 Å². The van der Waals surface area contributed by atoms with Crippen LogP contribution in [0.15, 0.2) is 87.3 Å². The van der Waals surface area contributed by atoms with E-state index >= 15 is 0 Å². The van der Waals surface area contributed by atoms with Crippen molar-refractivity contribution in [3.63, 3.8) is 0 Å². The summed E-state index contributed by atoms with van der Waals surface area (Å²) in [6.45, 7) is 1.41. The number of ether oxygens (including phenoxy) is 4. The molecule has 0 spiro atoms. The topological polar surface area (TPSA) is 116 Å². The molecule has 4 aromatic carbocycles. The Labute approximate surface area is 286 Å². The number of nitrogens with zero attached hydrogens (tertiary/aromatic N) is 2. The number of rotatable bonds is 13. The number of halogens is 3. The van der Waals surface area contributed by atoms with Gasteiger partial charge in [0.2, 0.25) is 0 Å². The van der Waals surface area contributed by atoms with Crippen molar-refractivity contribution in [3.8, 4) is 23.0 Å². The minimum absolute atomic E-state index is 0.00450. The highest BCUT2D eigenvalue weighted by atomic mass is 79.9. The lowest BCUT2D eigenvalue weighted by Crippen LogP contribution is -2.39. The van der Waals surface area contributed by atoms with E-state index in [-0.39, 0.29) is 22.9 Å². The van der Waals surface area contributed by atoms with E-state index in [1.807, 2.05) is 6.92 Å². The summed E-state index contributed by atoms with van der Waals surface area (Å²) in [6, 6.07) is 19.4. The molecule has 0 unspecified atom stereocenters. The second kappa shape index (κ2) is 15.5. The lowest BCUT2D eigenvalue weighted by atomic mass is 10.2. The lowest BCUT2D eigenvalue weighted by molar-refractivity contribution is -0.119. The minimum atomic E-state index is -4.20. The van der Waals surface area contributed by atoms with Gasteiger partial charge in [-0.3, -0.25) is 9.10 Å². The number of methoxy groups -OCH3 is 3. The predicted octanol–water partition coefficient (Wildman–Crippen LogP) is 7.01. The van der Waals surface area contributed by atoms with Gasteiger partial charge < -0.3 is 18.9 Å². The Morgan fingerprint density at radius 1 is 0.935 bits per heavy atom. The van der Waals surface area contributed by atoms with Crippen molar-refractivity contribution in [2.24, 2.45) is 5.10 Å². The van der Waals surface area contributed by atoms with Gasteiger partial charge in [-0.15, -0.1) is 0 Å². The Morgan fingerprint density at radius 3 is 2.30 bits per heavy atom. The SMILES string of the molecule is COc1ccc(N(CC(=O)N/N=C\c2cc(Br)c(OCc3ccc(Cl)cc3Cl)c(OC)c2)S(=O)(=O)c2ccc(C)cc2)c(OC)c1. The van der Waals surface area contributed by atoms with Crippen molar-refractivity contribution in [2.75, 3.05) is 32.2 Å². The van der Waals surface area contributed by atoms with Crippen molar-refractivity contribution >= 4 is 67.0 Å². The standard InChI is InChI=1S/C32H30BrCl2N3O7S/c1-20-5-10-25(11-6-20)46(40,41)38(28-12-9-24(42-2)16-29(28)43-3)18-31(39)37-36-17-21-13-26(33)32(30(14-21)44-4)45-19-22-7-8-23(34)15-27(22)35/h5-17H,18-19H2,1-4H3,(H,37,39)/b36-17-.